The summed E-state index contributed by atoms with van der Waals surface area (Å²) in [5.41, 5.74) is 1.23. The van der Waals surface area contributed by atoms with E-state index in [1.807, 2.05) is 44.2 Å². The minimum Gasteiger partial charge on any atom is -0.465 e. The van der Waals surface area contributed by atoms with Crippen molar-refractivity contribution in [1.82, 2.24) is 5.32 Å². The fourth-order valence-corrected chi connectivity index (χ4v) is 5.21. The van der Waals surface area contributed by atoms with Gasteiger partial charge in [-0.15, -0.1) is 0 Å². The Labute approximate surface area is 182 Å². The molecule has 2 aromatic rings. The number of imide groups is 1. The molecule has 2 fully saturated rings. The molecule has 4 atom stereocenters. The van der Waals surface area contributed by atoms with Crippen molar-refractivity contribution in [3.05, 3.63) is 65.7 Å². The lowest BCUT2D eigenvalue weighted by Crippen LogP contribution is -2.56. The Morgan fingerprint density at radius 1 is 1.03 bits per heavy atom. The van der Waals surface area contributed by atoms with E-state index < -0.39 is 29.4 Å². The molecule has 0 unspecified atom stereocenters. The summed E-state index contributed by atoms with van der Waals surface area (Å²) in [6.07, 6.45) is 1.08. The van der Waals surface area contributed by atoms with Gasteiger partial charge < -0.3 is 4.74 Å². The summed E-state index contributed by atoms with van der Waals surface area (Å²) in [6, 6.07) is 16.3. The highest BCUT2D eigenvalue weighted by Gasteiger charge is 2.68. The summed E-state index contributed by atoms with van der Waals surface area (Å²) in [7, 11) is 0. The molecule has 2 saturated heterocycles. The molecule has 31 heavy (non-hydrogen) atoms. The van der Waals surface area contributed by atoms with Gasteiger partial charge in [-0.3, -0.25) is 19.7 Å². The first-order chi connectivity index (χ1) is 15.0. The predicted molar refractivity (Wildman–Crippen MR) is 117 cm³/mol. The van der Waals surface area contributed by atoms with Gasteiger partial charge in [-0.25, -0.2) is 4.90 Å². The fraction of sp³-hybridized carbons (Fsp3) is 0.400. The smallest absolute Gasteiger partial charge is 0.327 e. The van der Waals surface area contributed by atoms with E-state index in [0.29, 0.717) is 18.5 Å². The molecule has 2 heterocycles. The van der Waals surface area contributed by atoms with Crippen molar-refractivity contribution in [3.8, 4) is 0 Å². The van der Waals surface area contributed by atoms with Gasteiger partial charge in [0.25, 0.3) is 0 Å². The maximum Gasteiger partial charge on any atom is 0.327 e. The van der Waals surface area contributed by atoms with Crippen molar-refractivity contribution in [2.45, 2.75) is 45.2 Å². The van der Waals surface area contributed by atoms with Crippen molar-refractivity contribution in [2.24, 2.45) is 11.8 Å². The molecular formula is C25H28N2O4. The highest BCUT2D eigenvalue weighted by atomic mass is 16.5. The summed E-state index contributed by atoms with van der Waals surface area (Å²) < 4.78 is 5.45. The minimum atomic E-state index is -1.24. The second kappa shape index (κ2) is 8.27. The Bertz CT molecular complexity index is 1010. The maximum atomic E-state index is 13.7. The molecule has 162 valence electrons. The van der Waals surface area contributed by atoms with Crippen molar-refractivity contribution in [3.63, 3.8) is 0 Å². The lowest BCUT2D eigenvalue weighted by atomic mass is 9.76. The van der Waals surface area contributed by atoms with Crippen LogP contribution in [0.3, 0.4) is 0 Å². The minimum absolute atomic E-state index is 0.211. The number of rotatable bonds is 6. The molecule has 0 aromatic heterocycles. The average Bonchev–Trinajstić information content (AvgIpc) is 3.24. The van der Waals surface area contributed by atoms with Gasteiger partial charge in [-0.1, -0.05) is 55.8 Å². The molecule has 4 rings (SSSR count). The molecule has 0 saturated carbocycles. The Morgan fingerprint density at radius 2 is 1.71 bits per heavy atom. The normalized spacial score (nSPS) is 27.5. The van der Waals surface area contributed by atoms with Crippen molar-refractivity contribution < 1.29 is 19.1 Å². The quantitative estimate of drug-likeness (QED) is 0.571. The van der Waals surface area contributed by atoms with E-state index in [1.54, 1.807) is 31.2 Å². The van der Waals surface area contributed by atoms with Gasteiger partial charge >= 0.3 is 5.97 Å². The van der Waals surface area contributed by atoms with Crippen LogP contribution in [0.2, 0.25) is 0 Å². The number of carbonyl (C=O) groups excluding carboxylic acids is 3. The number of amides is 2. The van der Waals surface area contributed by atoms with Gasteiger partial charge in [0.2, 0.25) is 11.8 Å². The first-order valence-corrected chi connectivity index (χ1v) is 10.9. The van der Waals surface area contributed by atoms with E-state index in [0.717, 1.165) is 11.1 Å². The highest BCUT2D eigenvalue weighted by molar-refractivity contribution is 6.24. The lowest BCUT2D eigenvalue weighted by molar-refractivity contribution is -0.155. The molecule has 1 N–H and O–H groups in total. The highest BCUT2D eigenvalue weighted by Crippen LogP contribution is 2.52. The number of benzene rings is 2. The first-order valence-electron chi connectivity index (χ1n) is 10.9. The number of fused-ring (bicyclic) bond motifs is 1. The molecular weight excluding hydrogens is 392 g/mol. The molecule has 2 aliphatic heterocycles. The lowest BCUT2D eigenvalue weighted by Gasteiger charge is -2.32. The third-order valence-electron chi connectivity index (χ3n) is 6.48. The molecule has 0 bridgehead atoms. The molecule has 0 spiro atoms. The molecule has 6 heteroatoms. The van der Waals surface area contributed by atoms with Gasteiger partial charge in [0.05, 0.1) is 24.1 Å². The van der Waals surface area contributed by atoms with Gasteiger partial charge in [0.1, 0.15) is 5.54 Å². The summed E-state index contributed by atoms with van der Waals surface area (Å²) in [5, 5.41) is 3.44. The van der Waals surface area contributed by atoms with Gasteiger partial charge in [-0.2, -0.15) is 0 Å². The molecule has 2 amide bonds. The number of esters is 1. The number of carbonyl (C=O) groups is 3. The third-order valence-corrected chi connectivity index (χ3v) is 6.48. The largest absolute Gasteiger partial charge is 0.465 e. The monoisotopic (exact) mass is 420 g/mol. The second-order valence-electron chi connectivity index (χ2n) is 8.27. The maximum absolute atomic E-state index is 13.7. The van der Waals surface area contributed by atoms with E-state index in [2.05, 4.69) is 5.32 Å². The first kappa shape index (κ1) is 21.2. The number of nitrogens with zero attached hydrogens (tertiary/aromatic N) is 1. The molecule has 2 aromatic carbocycles. The van der Waals surface area contributed by atoms with E-state index in [9.17, 15) is 14.4 Å². The van der Waals surface area contributed by atoms with Crippen LogP contribution in [0.1, 0.15) is 43.9 Å². The zero-order chi connectivity index (χ0) is 22.2. The van der Waals surface area contributed by atoms with Gasteiger partial charge in [0.15, 0.2) is 0 Å². The van der Waals surface area contributed by atoms with Crippen LogP contribution < -0.4 is 10.2 Å². The van der Waals surface area contributed by atoms with Gasteiger partial charge in [0, 0.05) is 6.04 Å². The number of hydrogen-bond donors (Lipinski definition) is 1. The van der Waals surface area contributed by atoms with Crippen molar-refractivity contribution >= 4 is 23.5 Å². The number of aryl methyl sites for hydroxylation is 1. The zero-order valence-corrected chi connectivity index (χ0v) is 18.1. The fourth-order valence-electron chi connectivity index (χ4n) is 5.21. The zero-order valence-electron chi connectivity index (χ0n) is 18.1. The van der Waals surface area contributed by atoms with E-state index >= 15 is 0 Å². The second-order valence-corrected chi connectivity index (χ2v) is 8.27. The van der Waals surface area contributed by atoms with Crippen LogP contribution in [0.15, 0.2) is 54.6 Å². The average molecular weight is 421 g/mol. The number of para-hydroxylation sites is 1. The van der Waals surface area contributed by atoms with Crippen LogP contribution in [0.5, 0.6) is 0 Å². The summed E-state index contributed by atoms with van der Waals surface area (Å²) in [4.78, 5) is 41.9. The summed E-state index contributed by atoms with van der Waals surface area (Å²) >= 11 is 0. The predicted octanol–water partition coefficient (Wildman–Crippen LogP) is 3.55. The van der Waals surface area contributed by atoms with Crippen molar-refractivity contribution in [2.75, 3.05) is 11.5 Å². The Hall–Kier alpha value is -2.99. The van der Waals surface area contributed by atoms with E-state index in [4.69, 9.17) is 4.74 Å². The van der Waals surface area contributed by atoms with Gasteiger partial charge in [-0.05, 0) is 43.5 Å². The van der Waals surface area contributed by atoms with Crippen LogP contribution in [0.25, 0.3) is 0 Å². The molecule has 0 radical (unpaired) electrons. The number of nitrogens with one attached hydrogen (secondary N) is 1. The standard InChI is InChI=1S/C25H28N2O4/c1-4-15-25(24(30)31-5-2)20-19(21(26-25)18-14-10-9-11-16(18)3)22(28)27(23(20)29)17-12-7-6-8-13-17/h6-14,19-21,26H,4-5,15H2,1-3H3/t19-,20-,21-,25+/m0/s1. The Balaban J connectivity index is 1.88. The molecule has 0 aliphatic carbocycles. The Morgan fingerprint density at radius 3 is 2.35 bits per heavy atom. The molecule has 6 nitrogen and oxygen atoms in total. The number of anilines is 1. The van der Waals surface area contributed by atoms with E-state index in [-0.39, 0.29) is 18.4 Å². The summed E-state index contributed by atoms with van der Waals surface area (Å²) in [6.45, 7) is 5.91. The van der Waals surface area contributed by atoms with E-state index in [1.165, 1.54) is 4.90 Å². The molecule has 2 aliphatic rings. The SMILES string of the molecule is CCC[C@@]1(C(=O)OCC)N[C@@H](c2ccccc2C)[C@H]2C(=O)N(c3ccccc3)C(=O)[C@H]21. The Kier molecular flexibility index (Phi) is 5.67. The van der Waals surface area contributed by atoms with Crippen LogP contribution in [-0.2, 0) is 19.1 Å². The number of hydrogen-bond acceptors (Lipinski definition) is 5. The third kappa shape index (κ3) is 3.26. The van der Waals surface area contributed by atoms with Crippen LogP contribution in [-0.4, -0.2) is 29.9 Å². The topological polar surface area (TPSA) is 75.7 Å². The van der Waals surface area contributed by atoms with Crippen LogP contribution in [0, 0.1) is 18.8 Å². The summed E-state index contributed by atoms with van der Waals surface area (Å²) in [5.74, 6) is -2.57. The van der Waals surface area contributed by atoms with Crippen LogP contribution >= 0.6 is 0 Å². The number of ether oxygens (including phenoxy) is 1. The van der Waals surface area contributed by atoms with Crippen molar-refractivity contribution in [1.29, 1.82) is 0 Å². The van der Waals surface area contributed by atoms with Crippen LogP contribution in [0.4, 0.5) is 5.69 Å².